The van der Waals surface area contributed by atoms with Crippen LogP contribution in [0.5, 0.6) is 0 Å². The van der Waals surface area contributed by atoms with Gasteiger partial charge in [-0.25, -0.2) is 15.0 Å². The lowest BCUT2D eigenvalue weighted by Gasteiger charge is -2.11. The maximum atomic E-state index is 12.2. The molecule has 3 N–H and O–H groups in total. The van der Waals surface area contributed by atoms with E-state index in [2.05, 4.69) is 31.1 Å². The standard InChI is InChI=1S/C18H17N7O3/c1-11-3-5-13(6-4-11)18(26)24-23-17-15(25(27)28)16(20-10-21-17)22-14-9-12(2)7-8-19-14/h3-10H,1-2H3,(H,24,26)(H2,19,20,21,22,23). The minimum atomic E-state index is -0.640. The summed E-state index contributed by atoms with van der Waals surface area (Å²) in [5.74, 6) is -0.264. The molecule has 2 aromatic heterocycles. The van der Waals surface area contributed by atoms with E-state index in [1.807, 2.05) is 13.8 Å². The van der Waals surface area contributed by atoms with Crippen molar-refractivity contribution < 1.29 is 9.72 Å². The van der Waals surface area contributed by atoms with Gasteiger partial charge in [-0.2, -0.15) is 0 Å². The number of nitrogens with one attached hydrogen (secondary N) is 3. The van der Waals surface area contributed by atoms with Gasteiger partial charge in [-0.1, -0.05) is 17.7 Å². The van der Waals surface area contributed by atoms with Gasteiger partial charge in [-0.05, 0) is 43.7 Å². The Morgan fingerprint density at radius 1 is 1.00 bits per heavy atom. The third-order valence-corrected chi connectivity index (χ3v) is 3.77. The number of carbonyl (C=O) groups excluding carboxylic acids is 1. The van der Waals surface area contributed by atoms with E-state index in [4.69, 9.17) is 0 Å². The maximum absolute atomic E-state index is 12.2. The minimum Gasteiger partial charge on any atom is -0.319 e. The molecule has 0 saturated carbocycles. The van der Waals surface area contributed by atoms with Crippen molar-refractivity contribution in [1.29, 1.82) is 0 Å². The molecule has 0 radical (unpaired) electrons. The molecular weight excluding hydrogens is 362 g/mol. The van der Waals surface area contributed by atoms with E-state index < -0.39 is 16.5 Å². The van der Waals surface area contributed by atoms with Crippen LogP contribution in [0.15, 0.2) is 48.9 Å². The molecule has 1 aromatic carbocycles. The smallest absolute Gasteiger partial charge is 0.319 e. The second-order valence-corrected chi connectivity index (χ2v) is 5.97. The first-order valence-corrected chi connectivity index (χ1v) is 8.26. The first kappa shape index (κ1) is 18.7. The van der Waals surface area contributed by atoms with Crippen LogP contribution in [0.1, 0.15) is 21.5 Å². The molecule has 0 fully saturated rings. The molecule has 3 aromatic rings. The van der Waals surface area contributed by atoms with Gasteiger partial charge < -0.3 is 5.32 Å². The summed E-state index contributed by atoms with van der Waals surface area (Å²) in [6.07, 6.45) is 2.72. The maximum Gasteiger partial charge on any atom is 0.355 e. The summed E-state index contributed by atoms with van der Waals surface area (Å²) in [7, 11) is 0. The van der Waals surface area contributed by atoms with Gasteiger partial charge in [-0.15, -0.1) is 0 Å². The van der Waals surface area contributed by atoms with Crippen LogP contribution in [0.2, 0.25) is 0 Å². The molecule has 0 unspecified atom stereocenters. The van der Waals surface area contributed by atoms with E-state index in [-0.39, 0.29) is 11.6 Å². The van der Waals surface area contributed by atoms with E-state index in [1.54, 1.807) is 42.6 Å². The van der Waals surface area contributed by atoms with E-state index in [0.717, 1.165) is 17.5 Å². The van der Waals surface area contributed by atoms with Crippen LogP contribution in [0, 0.1) is 24.0 Å². The summed E-state index contributed by atoms with van der Waals surface area (Å²) in [6.45, 7) is 3.77. The molecule has 10 heteroatoms. The molecule has 3 rings (SSSR count). The molecule has 0 bridgehead atoms. The van der Waals surface area contributed by atoms with Crippen molar-refractivity contribution in [3.63, 3.8) is 0 Å². The highest BCUT2D eigenvalue weighted by Crippen LogP contribution is 2.30. The number of pyridine rings is 1. The second kappa shape index (κ2) is 8.08. The summed E-state index contributed by atoms with van der Waals surface area (Å²) in [4.78, 5) is 35.0. The topological polar surface area (TPSA) is 135 Å². The third kappa shape index (κ3) is 4.36. The molecular formula is C18H17N7O3. The molecule has 10 nitrogen and oxygen atoms in total. The average molecular weight is 379 g/mol. The summed E-state index contributed by atoms with van der Waals surface area (Å²) in [6, 6.07) is 10.4. The number of aromatic nitrogens is 3. The van der Waals surface area contributed by atoms with Gasteiger partial charge in [0.15, 0.2) is 0 Å². The zero-order chi connectivity index (χ0) is 20.1. The lowest BCUT2D eigenvalue weighted by molar-refractivity contribution is -0.383. The SMILES string of the molecule is Cc1ccc(C(=O)NNc2ncnc(Nc3cc(C)ccn3)c2[N+](=O)[O-])cc1. The fourth-order valence-electron chi connectivity index (χ4n) is 2.35. The number of hydrogen-bond acceptors (Lipinski definition) is 8. The first-order chi connectivity index (χ1) is 13.4. The fourth-order valence-corrected chi connectivity index (χ4v) is 2.35. The highest BCUT2D eigenvalue weighted by Gasteiger charge is 2.24. The number of hydrazine groups is 1. The zero-order valence-electron chi connectivity index (χ0n) is 15.1. The summed E-state index contributed by atoms with van der Waals surface area (Å²) in [5, 5.41) is 14.4. The quantitative estimate of drug-likeness (QED) is 0.439. The number of rotatable bonds is 6. The van der Waals surface area contributed by atoms with Crippen molar-refractivity contribution in [2.24, 2.45) is 0 Å². The predicted molar refractivity (Wildman–Crippen MR) is 103 cm³/mol. The second-order valence-electron chi connectivity index (χ2n) is 5.97. The van der Waals surface area contributed by atoms with E-state index in [1.165, 1.54) is 0 Å². The lowest BCUT2D eigenvalue weighted by Crippen LogP contribution is -2.30. The van der Waals surface area contributed by atoms with Crippen LogP contribution in [-0.2, 0) is 0 Å². The van der Waals surface area contributed by atoms with Crippen LogP contribution in [0.3, 0.4) is 0 Å². The Balaban J connectivity index is 1.82. The van der Waals surface area contributed by atoms with Crippen molar-refractivity contribution in [3.05, 3.63) is 75.7 Å². The Morgan fingerprint density at radius 2 is 1.71 bits per heavy atom. The first-order valence-electron chi connectivity index (χ1n) is 8.26. The highest BCUT2D eigenvalue weighted by molar-refractivity contribution is 5.95. The van der Waals surface area contributed by atoms with Crippen LogP contribution in [0.4, 0.5) is 23.1 Å². The molecule has 0 saturated heterocycles. The normalized spacial score (nSPS) is 10.2. The molecule has 0 spiro atoms. The van der Waals surface area contributed by atoms with Gasteiger partial charge in [0.2, 0.25) is 11.6 Å². The summed E-state index contributed by atoms with van der Waals surface area (Å²) >= 11 is 0. The van der Waals surface area contributed by atoms with Gasteiger partial charge in [0.25, 0.3) is 5.91 Å². The molecule has 0 aliphatic heterocycles. The Bertz CT molecular complexity index is 1020. The van der Waals surface area contributed by atoms with Gasteiger partial charge in [0, 0.05) is 11.8 Å². The number of benzene rings is 1. The van der Waals surface area contributed by atoms with Crippen LogP contribution in [-0.4, -0.2) is 25.8 Å². The van der Waals surface area contributed by atoms with Gasteiger partial charge in [0.05, 0.1) is 4.92 Å². The third-order valence-electron chi connectivity index (χ3n) is 3.77. The molecule has 0 aliphatic carbocycles. The largest absolute Gasteiger partial charge is 0.355 e. The number of nitro groups is 1. The van der Waals surface area contributed by atoms with Gasteiger partial charge in [-0.3, -0.25) is 25.8 Å². The van der Waals surface area contributed by atoms with Crippen LogP contribution < -0.4 is 16.2 Å². The Labute approximate surface area is 160 Å². The molecule has 0 aliphatic rings. The highest BCUT2D eigenvalue weighted by atomic mass is 16.6. The Morgan fingerprint density at radius 3 is 2.39 bits per heavy atom. The molecule has 2 heterocycles. The van der Waals surface area contributed by atoms with E-state index >= 15 is 0 Å². The molecule has 0 atom stereocenters. The van der Waals surface area contributed by atoms with Crippen molar-refractivity contribution in [3.8, 4) is 0 Å². The number of carbonyl (C=O) groups is 1. The molecule has 1 amide bonds. The average Bonchev–Trinajstić information content (AvgIpc) is 2.66. The fraction of sp³-hybridized carbons (Fsp3) is 0.111. The predicted octanol–water partition coefficient (Wildman–Crippen LogP) is 2.90. The monoisotopic (exact) mass is 379 g/mol. The lowest BCUT2D eigenvalue weighted by atomic mass is 10.1. The summed E-state index contributed by atoms with van der Waals surface area (Å²) < 4.78 is 0. The van der Waals surface area contributed by atoms with E-state index in [9.17, 15) is 14.9 Å². The van der Waals surface area contributed by atoms with E-state index in [0.29, 0.717) is 11.4 Å². The number of amides is 1. The van der Waals surface area contributed by atoms with Gasteiger partial charge in [0.1, 0.15) is 12.1 Å². The summed E-state index contributed by atoms with van der Waals surface area (Å²) in [5.41, 5.74) is 6.81. The van der Waals surface area contributed by atoms with Crippen molar-refractivity contribution >= 4 is 29.0 Å². The Hall–Kier alpha value is -4.08. The number of anilines is 3. The Kier molecular flexibility index (Phi) is 5.40. The van der Waals surface area contributed by atoms with Crippen LogP contribution in [0.25, 0.3) is 0 Å². The van der Waals surface area contributed by atoms with Crippen molar-refractivity contribution in [2.75, 3.05) is 10.7 Å². The number of hydrogen-bond donors (Lipinski definition) is 3. The number of nitrogens with zero attached hydrogens (tertiary/aromatic N) is 4. The minimum absolute atomic E-state index is 0.0508. The zero-order valence-corrected chi connectivity index (χ0v) is 15.1. The molecule has 28 heavy (non-hydrogen) atoms. The van der Waals surface area contributed by atoms with Crippen LogP contribution >= 0.6 is 0 Å². The number of aryl methyl sites for hydroxylation is 2. The molecule has 142 valence electrons. The van der Waals surface area contributed by atoms with Crippen molar-refractivity contribution in [2.45, 2.75) is 13.8 Å². The van der Waals surface area contributed by atoms with Crippen molar-refractivity contribution in [1.82, 2.24) is 20.4 Å². The van der Waals surface area contributed by atoms with Gasteiger partial charge >= 0.3 is 5.69 Å².